The third-order valence-electron chi connectivity index (χ3n) is 7.34. The molecular formula is C27H30O16. The molecule has 2 fully saturated rings. The zero-order valence-corrected chi connectivity index (χ0v) is 22.3. The summed E-state index contributed by atoms with van der Waals surface area (Å²) in [4.78, 5) is 12.9. The van der Waals surface area contributed by atoms with E-state index in [9.17, 15) is 55.9 Å². The van der Waals surface area contributed by atoms with Gasteiger partial charge in [-0.2, -0.15) is 0 Å². The van der Waals surface area contributed by atoms with Crippen LogP contribution in [0.3, 0.4) is 0 Å². The Labute approximate surface area is 241 Å². The van der Waals surface area contributed by atoms with E-state index in [0.717, 1.165) is 24.3 Å². The molecule has 0 amide bonds. The number of benzene rings is 2. The van der Waals surface area contributed by atoms with Crippen molar-refractivity contribution in [3.05, 3.63) is 40.6 Å². The van der Waals surface area contributed by atoms with E-state index in [1.54, 1.807) is 0 Å². The van der Waals surface area contributed by atoms with E-state index in [4.69, 9.17) is 23.4 Å². The van der Waals surface area contributed by atoms with Crippen molar-refractivity contribution in [2.24, 2.45) is 0 Å². The summed E-state index contributed by atoms with van der Waals surface area (Å²) in [5.74, 6) is -3.19. The van der Waals surface area contributed by atoms with E-state index in [1.807, 2.05) is 0 Å². The number of rotatable bonds is 6. The lowest BCUT2D eigenvalue weighted by Crippen LogP contribution is -2.64. The molecule has 3 heterocycles. The van der Waals surface area contributed by atoms with Crippen molar-refractivity contribution in [1.29, 1.82) is 0 Å². The highest BCUT2D eigenvalue weighted by molar-refractivity contribution is 5.88. The summed E-state index contributed by atoms with van der Waals surface area (Å²) in [7, 11) is 0. The van der Waals surface area contributed by atoms with Crippen LogP contribution in [0.25, 0.3) is 22.3 Å². The molecule has 0 aliphatic carbocycles. The van der Waals surface area contributed by atoms with Crippen LogP contribution in [0.15, 0.2) is 39.5 Å². The summed E-state index contributed by atoms with van der Waals surface area (Å²) in [5.41, 5.74) is -1.29. The fourth-order valence-electron chi connectivity index (χ4n) is 4.92. The monoisotopic (exact) mass is 610 g/mol. The lowest BCUT2D eigenvalue weighted by atomic mass is 9.97. The molecule has 43 heavy (non-hydrogen) atoms. The van der Waals surface area contributed by atoms with Gasteiger partial charge in [0.05, 0.1) is 12.7 Å². The summed E-state index contributed by atoms with van der Waals surface area (Å²) >= 11 is 0. The Bertz CT molecular complexity index is 1540. The molecule has 16 nitrogen and oxygen atoms in total. The van der Waals surface area contributed by atoms with Gasteiger partial charge in [0.15, 0.2) is 23.5 Å². The van der Waals surface area contributed by atoms with Crippen molar-refractivity contribution in [3.63, 3.8) is 0 Å². The molecule has 2 aromatic carbocycles. The zero-order chi connectivity index (χ0) is 31.3. The van der Waals surface area contributed by atoms with Crippen LogP contribution in [-0.2, 0) is 14.2 Å². The van der Waals surface area contributed by atoms with Gasteiger partial charge in [-0.05, 0) is 25.1 Å². The largest absolute Gasteiger partial charge is 0.507 e. The van der Waals surface area contributed by atoms with Crippen molar-refractivity contribution < 1.29 is 74.4 Å². The van der Waals surface area contributed by atoms with Crippen LogP contribution in [0.4, 0.5) is 0 Å². The molecule has 1 aromatic heterocycles. The summed E-state index contributed by atoms with van der Waals surface area (Å²) in [6.45, 7) is 0.677. The second kappa shape index (κ2) is 11.8. The molecule has 2 aliphatic heterocycles. The molecule has 3 aromatic rings. The smallest absolute Gasteiger partial charge is 0.238 e. The lowest BCUT2D eigenvalue weighted by molar-refractivity contribution is -0.350. The fourth-order valence-corrected chi connectivity index (χ4v) is 4.92. The van der Waals surface area contributed by atoms with Gasteiger partial charge in [-0.25, -0.2) is 0 Å². The van der Waals surface area contributed by atoms with Gasteiger partial charge in [-0.15, -0.1) is 0 Å². The molecule has 10 atom stereocenters. The minimum absolute atomic E-state index is 0.0136. The van der Waals surface area contributed by atoms with Crippen LogP contribution in [0.5, 0.6) is 28.7 Å². The van der Waals surface area contributed by atoms with Gasteiger partial charge in [-0.1, -0.05) is 0 Å². The first-order valence-electron chi connectivity index (χ1n) is 13.0. The lowest BCUT2D eigenvalue weighted by Gasteiger charge is -2.45. The van der Waals surface area contributed by atoms with Gasteiger partial charge in [0, 0.05) is 17.7 Å². The second-order valence-electron chi connectivity index (χ2n) is 10.2. The Kier molecular flexibility index (Phi) is 8.41. The molecule has 0 unspecified atom stereocenters. The quantitative estimate of drug-likeness (QED) is 0.140. The highest BCUT2D eigenvalue weighted by Crippen LogP contribution is 2.39. The molecule has 0 spiro atoms. The normalized spacial score (nSPS) is 33.0. The van der Waals surface area contributed by atoms with Gasteiger partial charge in [-0.3, -0.25) is 4.79 Å². The second-order valence-corrected chi connectivity index (χ2v) is 10.2. The fraction of sp³-hybridized carbons (Fsp3) is 0.444. The number of phenolic OH excluding ortho intramolecular Hbond substituents is 3. The maximum absolute atomic E-state index is 12.9. The first-order chi connectivity index (χ1) is 20.3. The standard InChI is InChI=1S/C27H30O16/c1-8-17(32)25(43-26-22(37)20(35)18(33)15(7-28)42-26)23(38)27(39-8)40-10-5-13(31)16-14(6-10)41-24(21(36)19(16)34)9-2-3-11(29)12(30)4-9/h2-6,8,15,17-18,20,22-23,25-33,35-38H,7H2,1H3/t8-,15+,17-,18+,20-,22+,23+,25+,26-,27-/m0/s1. The van der Waals surface area contributed by atoms with E-state index in [0.29, 0.717) is 0 Å². The number of aliphatic hydroxyl groups excluding tert-OH is 6. The first kappa shape index (κ1) is 30.7. The Hall–Kier alpha value is -3.71. The molecule has 0 radical (unpaired) electrons. The van der Waals surface area contributed by atoms with Crippen LogP contribution >= 0.6 is 0 Å². The van der Waals surface area contributed by atoms with Gasteiger partial charge in [0.2, 0.25) is 17.5 Å². The molecule has 0 saturated carbocycles. The van der Waals surface area contributed by atoms with Crippen LogP contribution in [-0.4, -0.2) is 119 Å². The molecule has 234 valence electrons. The van der Waals surface area contributed by atoms with E-state index in [2.05, 4.69) is 0 Å². The molecule has 2 aliphatic rings. The number of fused-ring (bicyclic) bond motifs is 1. The topological polar surface area (TPSA) is 269 Å². The first-order valence-corrected chi connectivity index (χ1v) is 13.0. The number of phenols is 3. The summed E-state index contributed by atoms with van der Waals surface area (Å²) in [5, 5.41) is 101. The summed E-state index contributed by atoms with van der Waals surface area (Å²) < 4.78 is 27.8. The van der Waals surface area contributed by atoms with Crippen molar-refractivity contribution in [1.82, 2.24) is 0 Å². The Morgan fingerprint density at radius 3 is 2.19 bits per heavy atom. The van der Waals surface area contributed by atoms with Crippen LogP contribution < -0.4 is 10.2 Å². The number of ether oxygens (including phenoxy) is 4. The zero-order valence-electron chi connectivity index (χ0n) is 22.3. The van der Waals surface area contributed by atoms with E-state index < -0.39 is 108 Å². The van der Waals surface area contributed by atoms with Crippen LogP contribution in [0.2, 0.25) is 0 Å². The van der Waals surface area contributed by atoms with Crippen molar-refractivity contribution in [2.45, 2.75) is 68.3 Å². The summed E-state index contributed by atoms with van der Waals surface area (Å²) in [6, 6.07) is 5.51. The average molecular weight is 611 g/mol. The third-order valence-corrected chi connectivity index (χ3v) is 7.34. The Balaban J connectivity index is 1.43. The van der Waals surface area contributed by atoms with E-state index in [1.165, 1.54) is 13.0 Å². The average Bonchev–Trinajstić information content (AvgIpc) is 2.97. The maximum atomic E-state index is 12.9. The highest BCUT2D eigenvalue weighted by Gasteiger charge is 2.50. The molecule has 5 rings (SSSR count). The van der Waals surface area contributed by atoms with Crippen LogP contribution in [0, 0.1) is 0 Å². The predicted octanol–water partition coefficient (Wildman–Crippen LogP) is -1.69. The van der Waals surface area contributed by atoms with Crippen molar-refractivity contribution >= 4 is 11.0 Å². The minimum atomic E-state index is -1.82. The number of hydrogen-bond acceptors (Lipinski definition) is 16. The van der Waals surface area contributed by atoms with E-state index >= 15 is 0 Å². The van der Waals surface area contributed by atoms with Gasteiger partial charge >= 0.3 is 0 Å². The molecule has 10 N–H and O–H groups in total. The molecule has 16 heteroatoms. The SMILES string of the molecule is C[C@@H]1O[C@@H](Oc2cc(O)c3c(=O)c(O)c(-c4ccc(O)c(O)c4)oc3c2)[C@H](O)[C@H](O[C@@H]2O[C@H](CO)[C@@H](O)[C@H](O)[C@H]2O)[C@H]1O. The Morgan fingerprint density at radius 1 is 0.791 bits per heavy atom. The number of hydrogen-bond donors (Lipinski definition) is 10. The number of aliphatic hydroxyl groups is 6. The van der Waals surface area contributed by atoms with Gasteiger partial charge in [0.1, 0.15) is 65.2 Å². The molecule has 0 bridgehead atoms. The van der Waals surface area contributed by atoms with Crippen LogP contribution in [0.1, 0.15) is 6.92 Å². The molecular weight excluding hydrogens is 580 g/mol. The Morgan fingerprint density at radius 2 is 1.51 bits per heavy atom. The number of aromatic hydroxyl groups is 4. The van der Waals surface area contributed by atoms with E-state index in [-0.39, 0.29) is 16.9 Å². The van der Waals surface area contributed by atoms with Crippen molar-refractivity contribution in [3.8, 4) is 40.1 Å². The maximum Gasteiger partial charge on any atom is 0.238 e. The minimum Gasteiger partial charge on any atom is -0.507 e. The summed E-state index contributed by atoms with van der Waals surface area (Å²) in [6.07, 6.45) is -15.8. The van der Waals surface area contributed by atoms with Gasteiger partial charge in [0.25, 0.3) is 0 Å². The van der Waals surface area contributed by atoms with Gasteiger partial charge < -0.3 is 74.4 Å². The molecule has 2 saturated heterocycles. The predicted molar refractivity (Wildman–Crippen MR) is 140 cm³/mol. The highest BCUT2D eigenvalue weighted by atomic mass is 16.7. The third kappa shape index (κ3) is 5.55. The van der Waals surface area contributed by atoms with Crippen molar-refractivity contribution in [2.75, 3.05) is 6.61 Å².